The number of nitrogens with zero attached hydrogens (tertiary/aromatic N) is 1. The van der Waals surface area contributed by atoms with Crippen LogP contribution in [0.2, 0.25) is 0 Å². The lowest BCUT2D eigenvalue weighted by Gasteiger charge is -2.37. The molecule has 1 aromatic carbocycles. The van der Waals surface area contributed by atoms with Crippen LogP contribution in [0.5, 0.6) is 0 Å². The maximum Gasteiger partial charge on any atom is 0.337 e. The monoisotopic (exact) mass is 262 g/mol. The smallest absolute Gasteiger partial charge is 0.337 e. The number of anilines is 2. The Kier molecular flexibility index (Phi) is 3.98. The second-order valence-corrected chi connectivity index (χ2v) is 5.62. The summed E-state index contributed by atoms with van der Waals surface area (Å²) in [5.74, 6) is 0.991. The van der Waals surface area contributed by atoms with Crippen LogP contribution in [0.1, 0.15) is 30.6 Å². The second-order valence-electron chi connectivity index (χ2n) is 5.62. The first kappa shape index (κ1) is 13.7. The van der Waals surface area contributed by atoms with E-state index in [4.69, 9.17) is 10.5 Å². The van der Waals surface area contributed by atoms with E-state index in [1.54, 1.807) is 12.1 Å². The third-order valence-electron chi connectivity index (χ3n) is 3.66. The zero-order chi connectivity index (χ0) is 14.0. The van der Waals surface area contributed by atoms with Gasteiger partial charge in [-0.25, -0.2) is 4.79 Å². The van der Waals surface area contributed by atoms with Gasteiger partial charge in [0.2, 0.25) is 0 Å². The van der Waals surface area contributed by atoms with Crippen molar-refractivity contribution in [3.8, 4) is 0 Å². The van der Waals surface area contributed by atoms with E-state index in [1.165, 1.54) is 13.5 Å². The number of hydrogen-bond donors (Lipinski definition) is 1. The Morgan fingerprint density at radius 2 is 1.95 bits per heavy atom. The van der Waals surface area contributed by atoms with Gasteiger partial charge >= 0.3 is 5.97 Å². The van der Waals surface area contributed by atoms with Gasteiger partial charge in [-0.05, 0) is 36.5 Å². The van der Waals surface area contributed by atoms with Gasteiger partial charge in [-0.15, -0.1) is 0 Å². The molecule has 4 heteroatoms. The number of piperidine rings is 1. The minimum Gasteiger partial charge on any atom is -0.465 e. The summed E-state index contributed by atoms with van der Waals surface area (Å²) < 4.78 is 4.70. The van der Waals surface area contributed by atoms with E-state index >= 15 is 0 Å². The Bertz CT molecular complexity index is 463. The van der Waals surface area contributed by atoms with Gasteiger partial charge in [0.25, 0.3) is 0 Å². The lowest BCUT2D eigenvalue weighted by molar-refractivity contribution is 0.0601. The van der Waals surface area contributed by atoms with Crippen LogP contribution >= 0.6 is 0 Å². The number of carbonyl (C=O) groups is 1. The van der Waals surface area contributed by atoms with Crippen LogP contribution in [-0.4, -0.2) is 26.2 Å². The summed E-state index contributed by atoms with van der Waals surface area (Å²) >= 11 is 0. The molecule has 2 atom stereocenters. The van der Waals surface area contributed by atoms with E-state index < -0.39 is 0 Å². The van der Waals surface area contributed by atoms with Gasteiger partial charge in [-0.2, -0.15) is 0 Å². The van der Waals surface area contributed by atoms with E-state index in [0.717, 1.165) is 18.8 Å². The predicted molar refractivity (Wildman–Crippen MR) is 77.4 cm³/mol. The minimum absolute atomic E-state index is 0.348. The highest BCUT2D eigenvalue weighted by molar-refractivity contribution is 5.92. The number of carbonyl (C=O) groups excluding carboxylic acids is 1. The third kappa shape index (κ3) is 3.00. The molecule has 0 spiro atoms. The molecule has 0 aromatic heterocycles. The maximum absolute atomic E-state index is 11.5. The normalized spacial score (nSPS) is 23.2. The highest BCUT2D eigenvalue weighted by Gasteiger charge is 2.23. The van der Waals surface area contributed by atoms with Gasteiger partial charge in [-0.1, -0.05) is 13.8 Å². The Balaban J connectivity index is 2.23. The third-order valence-corrected chi connectivity index (χ3v) is 3.66. The van der Waals surface area contributed by atoms with Gasteiger partial charge in [0.1, 0.15) is 0 Å². The van der Waals surface area contributed by atoms with Crippen molar-refractivity contribution in [2.45, 2.75) is 20.3 Å². The largest absolute Gasteiger partial charge is 0.465 e. The van der Waals surface area contributed by atoms with Gasteiger partial charge in [-0.3, -0.25) is 0 Å². The number of ether oxygens (including phenoxy) is 1. The summed E-state index contributed by atoms with van der Waals surface area (Å²) in [4.78, 5) is 13.8. The standard InChI is InChI=1S/C15H22N2O2/c1-10-6-11(2)9-17(8-10)14-5-4-12(7-13(14)16)15(18)19-3/h4-5,7,10-11H,6,8-9,16H2,1-3H3. The number of methoxy groups -OCH3 is 1. The van der Waals surface area contributed by atoms with E-state index in [-0.39, 0.29) is 5.97 Å². The molecule has 0 radical (unpaired) electrons. The van der Waals surface area contributed by atoms with Crippen molar-refractivity contribution in [1.29, 1.82) is 0 Å². The summed E-state index contributed by atoms with van der Waals surface area (Å²) in [5.41, 5.74) is 8.25. The average Bonchev–Trinajstić information content (AvgIpc) is 2.36. The number of nitrogens with two attached hydrogens (primary N) is 1. The fourth-order valence-corrected chi connectivity index (χ4v) is 2.95. The lowest BCUT2D eigenvalue weighted by atomic mass is 9.91. The molecule has 104 valence electrons. The molecule has 2 N–H and O–H groups in total. The Hall–Kier alpha value is -1.71. The SMILES string of the molecule is COC(=O)c1ccc(N2CC(C)CC(C)C2)c(N)c1. The van der Waals surface area contributed by atoms with Crippen molar-refractivity contribution >= 4 is 17.3 Å². The predicted octanol–water partition coefficient (Wildman–Crippen LogP) is 2.54. The van der Waals surface area contributed by atoms with Crippen molar-refractivity contribution in [3.63, 3.8) is 0 Å². The average molecular weight is 262 g/mol. The van der Waals surface area contributed by atoms with Crippen LogP contribution < -0.4 is 10.6 Å². The number of hydrogen-bond acceptors (Lipinski definition) is 4. The summed E-state index contributed by atoms with van der Waals surface area (Å²) in [5, 5.41) is 0. The van der Waals surface area contributed by atoms with Crippen molar-refractivity contribution in [1.82, 2.24) is 0 Å². The van der Waals surface area contributed by atoms with Crippen LogP contribution in [0.25, 0.3) is 0 Å². The second kappa shape index (κ2) is 5.51. The Morgan fingerprint density at radius 1 is 1.32 bits per heavy atom. The number of benzene rings is 1. The van der Waals surface area contributed by atoms with Crippen LogP contribution in [0.15, 0.2) is 18.2 Å². The molecular weight excluding hydrogens is 240 g/mol. The molecule has 0 amide bonds. The van der Waals surface area contributed by atoms with E-state index in [0.29, 0.717) is 23.1 Å². The molecule has 0 aliphatic carbocycles. The maximum atomic E-state index is 11.5. The van der Waals surface area contributed by atoms with Crippen LogP contribution in [0.4, 0.5) is 11.4 Å². The van der Waals surface area contributed by atoms with E-state index in [2.05, 4.69) is 18.7 Å². The van der Waals surface area contributed by atoms with Crippen molar-refractivity contribution in [2.24, 2.45) is 11.8 Å². The summed E-state index contributed by atoms with van der Waals surface area (Å²) in [7, 11) is 1.38. The highest BCUT2D eigenvalue weighted by atomic mass is 16.5. The molecule has 0 bridgehead atoms. The fourth-order valence-electron chi connectivity index (χ4n) is 2.95. The molecule has 1 saturated heterocycles. The molecule has 1 aromatic rings. The van der Waals surface area contributed by atoms with Gasteiger partial charge in [0.05, 0.1) is 24.0 Å². The van der Waals surface area contributed by atoms with Crippen molar-refractivity contribution in [2.75, 3.05) is 30.8 Å². The number of esters is 1. The van der Waals surface area contributed by atoms with Crippen LogP contribution in [0, 0.1) is 11.8 Å². The molecule has 19 heavy (non-hydrogen) atoms. The van der Waals surface area contributed by atoms with Gasteiger partial charge in [0, 0.05) is 13.1 Å². The van der Waals surface area contributed by atoms with Crippen molar-refractivity contribution in [3.05, 3.63) is 23.8 Å². The molecule has 1 fully saturated rings. The lowest BCUT2D eigenvalue weighted by Crippen LogP contribution is -2.39. The Morgan fingerprint density at radius 3 is 2.47 bits per heavy atom. The summed E-state index contributed by atoms with van der Waals surface area (Å²) in [6.45, 7) is 6.57. The topological polar surface area (TPSA) is 55.6 Å². The quantitative estimate of drug-likeness (QED) is 0.657. The summed E-state index contributed by atoms with van der Waals surface area (Å²) in [6.07, 6.45) is 1.26. The minimum atomic E-state index is -0.348. The number of rotatable bonds is 2. The van der Waals surface area contributed by atoms with Crippen LogP contribution in [0.3, 0.4) is 0 Å². The number of nitrogen functional groups attached to an aromatic ring is 1. The zero-order valence-electron chi connectivity index (χ0n) is 11.8. The van der Waals surface area contributed by atoms with Crippen LogP contribution in [-0.2, 0) is 4.74 Å². The van der Waals surface area contributed by atoms with Gasteiger partial charge in [0.15, 0.2) is 0 Å². The highest BCUT2D eigenvalue weighted by Crippen LogP contribution is 2.30. The van der Waals surface area contributed by atoms with Gasteiger partial charge < -0.3 is 15.4 Å². The molecule has 4 nitrogen and oxygen atoms in total. The van der Waals surface area contributed by atoms with E-state index in [1.807, 2.05) is 6.07 Å². The van der Waals surface area contributed by atoms with E-state index in [9.17, 15) is 4.79 Å². The molecule has 2 rings (SSSR count). The zero-order valence-corrected chi connectivity index (χ0v) is 11.8. The molecule has 1 aliphatic rings. The molecule has 2 unspecified atom stereocenters. The molecular formula is C15H22N2O2. The summed E-state index contributed by atoms with van der Waals surface area (Å²) in [6, 6.07) is 5.40. The Labute approximate surface area is 114 Å². The molecule has 1 aliphatic heterocycles. The first-order valence-corrected chi connectivity index (χ1v) is 6.74. The fraction of sp³-hybridized carbons (Fsp3) is 0.533. The molecule has 1 heterocycles. The first-order valence-electron chi connectivity index (χ1n) is 6.74. The first-order chi connectivity index (χ1) is 9.01. The molecule has 0 saturated carbocycles. The van der Waals surface area contributed by atoms with Crippen molar-refractivity contribution < 1.29 is 9.53 Å².